The van der Waals surface area contributed by atoms with E-state index in [4.69, 9.17) is 4.74 Å². The van der Waals surface area contributed by atoms with Gasteiger partial charge in [-0.1, -0.05) is 37.3 Å². The monoisotopic (exact) mass is 381 g/mol. The molecule has 0 atom stereocenters. The molecule has 28 heavy (non-hydrogen) atoms. The number of carbonyl (C=O) groups excluding carboxylic acids is 2. The number of likely N-dealkylation sites (tertiary alicyclic amines) is 1. The Morgan fingerprint density at radius 3 is 2.36 bits per heavy atom. The number of amides is 3. The van der Waals surface area contributed by atoms with Crippen LogP contribution >= 0.6 is 0 Å². The van der Waals surface area contributed by atoms with E-state index in [2.05, 4.69) is 17.6 Å². The Morgan fingerprint density at radius 2 is 1.71 bits per heavy atom. The van der Waals surface area contributed by atoms with Gasteiger partial charge in [-0.3, -0.25) is 4.79 Å². The average molecular weight is 381 g/mol. The molecule has 0 aromatic heterocycles. The zero-order valence-corrected chi connectivity index (χ0v) is 16.2. The molecule has 0 radical (unpaired) electrons. The molecule has 0 bridgehead atoms. The Bertz CT molecular complexity index is 769. The smallest absolute Gasteiger partial charge is 0.321 e. The second kappa shape index (κ2) is 9.78. The molecule has 1 aliphatic rings. The van der Waals surface area contributed by atoms with Gasteiger partial charge in [0, 0.05) is 24.8 Å². The van der Waals surface area contributed by atoms with Crippen LogP contribution in [-0.4, -0.2) is 42.6 Å². The summed E-state index contributed by atoms with van der Waals surface area (Å²) in [5, 5.41) is 5.89. The Labute approximate surface area is 165 Å². The van der Waals surface area contributed by atoms with E-state index < -0.39 is 0 Å². The predicted molar refractivity (Wildman–Crippen MR) is 110 cm³/mol. The van der Waals surface area contributed by atoms with Crippen molar-refractivity contribution >= 4 is 17.6 Å². The molecule has 2 aromatic carbocycles. The van der Waals surface area contributed by atoms with Crippen molar-refractivity contribution in [3.8, 4) is 5.75 Å². The average Bonchev–Trinajstić information content (AvgIpc) is 2.74. The van der Waals surface area contributed by atoms with E-state index in [1.165, 1.54) is 5.56 Å². The molecule has 0 spiro atoms. The number of piperidine rings is 1. The van der Waals surface area contributed by atoms with Crippen LogP contribution in [0.1, 0.15) is 25.3 Å². The first kappa shape index (κ1) is 19.7. The molecule has 1 heterocycles. The minimum Gasteiger partial charge on any atom is -0.484 e. The number of urea groups is 1. The fraction of sp³-hybridized carbons (Fsp3) is 0.364. The van der Waals surface area contributed by atoms with Crippen LogP contribution < -0.4 is 15.4 Å². The molecule has 6 nitrogen and oxygen atoms in total. The summed E-state index contributed by atoms with van der Waals surface area (Å²) in [5.41, 5.74) is 2.02. The topological polar surface area (TPSA) is 70.7 Å². The van der Waals surface area contributed by atoms with Gasteiger partial charge in [0.05, 0.1) is 0 Å². The summed E-state index contributed by atoms with van der Waals surface area (Å²) in [5.74, 6) is 0.562. The van der Waals surface area contributed by atoms with Gasteiger partial charge in [0.25, 0.3) is 5.91 Å². The Kier molecular flexibility index (Phi) is 6.89. The second-order valence-corrected chi connectivity index (χ2v) is 6.91. The van der Waals surface area contributed by atoms with Gasteiger partial charge in [0.1, 0.15) is 5.75 Å². The maximum Gasteiger partial charge on any atom is 0.321 e. The number of ether oxygens (including phenoxy) is 1. The Hall–Kier alpha value is -3.02. The van der Waals surface area contributed by atoms with Crippen LogP contribution in [0.5, 0.6) is 5.75 Å². The van der Waals surface area contributed by atoms with E-state index in [-0.39, 0.29) is 24.6 Å². The van der Waals surface area contributed by atoms with E-state index in [9.17, 15) is 9.59 Å². The quantitative estimate of drug-likeness (QED) is 0.805. The molecule has 3 rings (SSSR count). The highest BCUT2D eigenvalue weighted by Crippen LogP contribution is 2.14. The van der Waals surface area contributed by atoms with E-state index >= 15 is 0 Å². The molecular weight excluding hydrogens is 354 g/mol. The first-order valence-electron chi connectivity index (χ1n) is 9.76. The van der Waals surface area contributed by atoms with Crippen LogP contribution in [-0.2, 0) is 11.2 Å². The first-order chi connectivity index (χ1) is 13.6. The highest BCUT2D eigenvalue weighted by atomic mass is 16.5. The largest absolute Gasteiger partial charge is 0.484 e. The van der Waals surface area contributed by atoms with Crippen LogP contribution in [0.4, 0.5) is 10.5 Å². The van der Waals surface area contributed by atoms with E-state index in [0.717, 1.165) is 24.9 Å². The molecule has 0 unspecified atom stereocenters. The lowest BCUT2D eigenvalue weighted by molar-refractivity contribution is -0.124. The van der Waals surface area contributed by atoms with Crippen LogP contribution in [0.15, 0.2) is 54.6 Å². The Balaban J connectivity index is 1.37. The summed E-state index contributed by atoms with van der Waals surface area (Å²) in [6.45, 7) is 3.33. The van der Waals surface area contributed by atoms with E-state index in [0.29, 0.717) is 18.8 Å². The summed E-state index contributed by atoms with van der Waals surface area (Å²) in [7, 11) is 0. The third kappa shape index (κ3) is 5.74. The molecule has 0 saturated carbocycles. The van der Waals surface area contributed by atoms with Gasteiger partial charge < -0.3 is 20.3 Å². The van der Waals surface area contributed by atoms with Gasteiger partial charge in [0.2, 0.25) is 0 Å². The minimum absolute atomic E-state index is 0.000178. The van der Waals surface area contributed by atoms with Gasteiger partial charge in [-0.25, -0.2) is 4.79 Å². The molecule has 6 heteroatoms. The van der Waals surface area contributed by atoms with Crippen molar-refractivity contribution in [2.45, 2.75) is 32.2 Å². The molecule has 3 amide bonds. The number of rotatable bonds is 6. The number of carbonyl (C=O) groups is 2. The maximum atomic E-state index is 12.3. The van der Waals surface area contributed by atoms with Crippen LogP contribution in [0.25, 0.3) is 0 Å². The van der Waals surface area contributed by atoms with Gasteiger partial charge in [0.15, 0.2) is 6.61 Å². The van der Waals surface area contributed by atoms with Gasteiger partial charge in [-0.15, -0.1) is 0 Å². The standard InChI is InChI=1S/C22H27N3O3/c1-2-17-8-10-20(11-9-17)28-16-21(26)23-19-12-14-25(15-13-19)22(27)24-18-6-4-3-5-7-18/h3-11,19H,2,12-16H2,1H3,(H,23,26)(H,24,27). The van der Waals surface area contributed by atoms with Crippen LogP contribution in [0.3, 0.4) is 0 Å². The fourth-order valence-corrected chi connectivity index (χ4v) is 3.19. The number of nitrogens with zero attached hydrogens (tertiary/aromatic N) is 1. The summed E-state index contributed by atoms with van der Waals surface area (Å²) in [6, 6.07) is 17.2. The van der Waals surface area contributed by atoms with Crippen molar-refractivity contribution in [2.75, 3.05) is 25.0 Å². The van der Waals surface area contributed by atoms with Crippen LogP contribution in [0, 0.1) is 0 Å². The normalized spacial score (nSPS) is 14.4. The number of benzene rings is 2. The number of hydrogen-bond donors (Lipinski definition) is 2. The molecule has 148 valence electrons. The van der Waals surface area contributed by atoms with Crippen molar-refractivity contribution in [3.63, 3.8) is 0 Å². The van der Waals surface area contributed by atoms with Crippen molar-refractivity contribution in [3.05, 3.63) is 60.2 Å². The van der Waals surface area contributed by atoms with Gasteiger partial charge >= 0.3 is 6.03 Å². The van der Waals surface area contributed by atoms with Crippen molar-refractivity contribution in [1.29, 1.82) is 0 Å². The second-order valence-electron chi connectivity index (χ2n) is 6.91. The number of nitrogens with one attached hydrogen (secondary N) is 2. The molecule has 2 N–H and O–H groups in total. The fourth-order valence-electron chi connectivity index (χ4n) is 3.19. The lowest BCUT2D eigenvalue weighted by Crippen LogP contribution is -2.48. The molecule has 1 saturated heterocycles. The SMILES string of the molecule is CCc1ccc(OCC(=O)NC2CCN(C(=O)Nc3ccccc3)CC2)cc1. The number of anilines is 1. The number of aryl methyl sites for hydroxylation is 1. The summed E-state index contributed by atoms with van der Waals surface area (Å²) in [4.78, 5) is 26.2. The zero-order valence-electron chi connectivity index (χ0n) is 16.2. The number of hydrogen-bond acceptors (Lipinski definition) is 3. The van der Waals surface area contributed by atoms with Crippen molar-refractivity contribution < 1.29 is 14.3 Å². The maximum absolute atomic E-state index is 12.3. The zero-order chi connectivity index (χ0) is 19.8. The highest BCUT2D eigenvalue weighted by molar-refractivity contribution is 5.89. The molecular formula is C22H27N3O3. The third-order valence-electron chi connectivity index (χ3n) is 4.87. The molecule has 2 aromatic rings. The minimum atomic E-state index is -0.133. The van der Waals surface area contributed by atoms with Crippen LogP contribution in [0.2, 0.25) is 0 Å². The van der Waals surface area contributed by atoms with E-state index in [1.807, 2.05) is 54.6 Å². The lowest BCUT2D eigenvalue weighted by Gasteiger charge is -2.32. The summed E-state index contributed by atoms with van der Waals surface area (Å²) in [6.07, 6.45) is 2.45. The molecule has 1 aliphatic heterocycles. The van der Waals surface area contributed by atoms with Gasteiger partial charge in [-0.2, -0.15) is 0 Å². The third-order valence-corrected chi connectivity index (χ3v) is 4.87. The highest BCUT2D eigenvalue weighted by Gasteiger charge is 2.24. The molecule has 1 fully saturated rings. The lowest BCUT2D eigenvalue weighted by atomic mass is 10.1. The van der Waals surface area contributed by atoms with Crippen molar-refractivity contribution in [1.82, 2.24) is 10.2 Å². The molecule has 0 aliphatic carbocycles. The number of para-hydroxylation sites is 1. The van der Waals surface area contributed by atoms with E-state index in [1.54, 1.807) is 4.90 Å². The first-order valence-corrected chi connectivity index (χ1v) is 9.76. The van der Waals surface area contributed by atoms with Crippen molar-refractivity contribution in [2.24, 2.45) is 0 Å². The predicted octanol–water partition coefficient (Wildman–Crippen LogP) is 3.44. The summed E-state index contributed by atoms with van der Waals surface area (Å²) < 4.78 is 5.55. The summed E-state index contributed by atoms with van der Waals surface area (Å²) >= 11 is 0. The van der Waals surface area contributed by atoms with Gasteiger partial charge in [-0.05, 0) is 49.1 Å². The Morgan fingerprint density at radius 1 is 1.04 bits per heavy atom.